The van der Waals surface area contributed by atoms with Crippen LogP contribution in [-0.2, 0) is 14.3 Å². The first-order valence-electron chi connectivity index (χ1n) is 8.52. The zero-order valence-electron chi connectivity index (χ0n) is 16.0. The first-order valence-corrected chi connectivity index (χ1v) is 8.52. The molecule has 152 valence electrons. The van der Waals surface area contributed by atoms with Crippen molar-refractivity contribution in [3.05, 3.63) is 24.3 Å². The van der Waals surface area contributed by atoms with Gasteiger partial charge in [-0.15, -0.1) is 0 Å². The zero-order valence-corrected chi connectivity index (χ0v) is 16.0. The standard InChI is InChI=1S/C18H28N2O7/c1-11(19-12(2)23)18(26-15-7-5-14(25-4)6-8-15)27-17(10-22)16(9-21)20-13(3)24/h5-8,11,16-18,21-22H,9-10H2,1-4H3,(H,19,23)(H,20,24)/t11-,16+,17?,18-/m1/s1. The SMILES string of the molecule is COc1ccc(O[C@H](OC(CO)[C@H](CO)NC(C)=O)[C@@H](C)NC(C)=O)cc1. The van der Waals surface area contributed by atoms with Crippen molar-refractivity contribution >= 4 is 11.8 Å². The fourth-order valence-corrected chi connectivity index (χ4v) is 2.38. The van der Waals surface area contributed by atoms with E-state index in [1.165, 1.54) is 13.8 Å². The molecule has 0 saturated heterocycles. The smallest absolute Gasteiger partial charge is 0.220 e. The van der Waals surface area contributed by atoms with Crippen LogP contribution in [0.5, 0.6) is 11.5 Å². The molecule has 0 heterocycles. The first kappa shape index (κ1) is 22.7. The molecule has 9 nitrogen and oxygen atoms in total. The highest BCUT2D eigenvalue weighted by Crippen LogP contribution is 2.20. The number of benzene rings is 1. The minimum atomic E-state index is -0.984. The molecule has 0 saturated carbocycles. The van der Waals surface area contributed by atoms with E-state index < -0.39 is 37.7 Å². The zero-order chi connectivity index (χ0) is 20.4. The molecule has 2 amide bonds. The Morgan fingerprint density at radius 3 is 2.00 bits per heavy atom. The summed E-state index contributed by atoms with van der Waals surface area (Å²) in [6.45, 7) is 3.42. The largest absolute Gasteiger partial charge is 0.497 e. The predicted molar refractivity (Wildman–Crippen MR) is 97.3 cm³/mol. The monoisotopic (exact) mass is 384 g/mol. The summed E-state index contributed by atoms with van der Waals surface area (Å²) in [6.07, 6.45) is -1.93. The van der Waals surface area contributed by atoms with Crippen molar-refractivity contribution in [1.82, 2.24) is 10.6 Å². The molecule has 0 radical (unpaired) electrons. The van der Waals surface area contributed by atoms with Crippen molar-refractivity contribution in [2.45, 2.75) is 45.2 Å². The molecular formula is C18H28N2O7. The number of carbonyl (C=O) groups excluding carboxylic acids is 2. The van der Waals surface area contributed by atoms with E-state index in [1.54, 1.807) is 38.3 Å². The second kappa shape index (κ2) is 11.4. The van der Waals surface area contributed by atoms with E-state index in [0.717, 1.165) is 0 Å². The van der Waals surface area contributed by atoms with E-state index >= 15 is 0 Å². The topological polar surface area (TPSA) is 126 Å². The van der Waals surface area contributed by atoms with Gasteiger partial charge in [-0.1, -0.05) is 0 Å². The summed E-state index contributed by atoms with van der Waals surface area (Å²) >= 11 is 0. The van der Waals surface area contributed by atoms with Gasteiger partial charge in [-0.2, -0.15) is 0 Å². The molecule has 0 aliphatic heterocycles. The quantitative estimate of drug-likeness (QED) is 0.389. The minimum absolute atomic E-state index is 0.282. The number of methoxy groups -OCH3 is 1. The number of aliphatic hydroxyl groups is 2. The van der Waals surface area contributed by atoms with Crippen LogP contribution >= 0.6 is 0 Å². The molecule has 1 rings (SSSR count). The summed E-state index contributed by atoms with van der Waals surface area (Å²) in [5, 5.41) is 24.3. The molecular weight excluding hydrogens is 356 g/mol. The molecule has 1 unspecified atom stereocenters. The van der Waals surface area contributed by atoms with Gasteiger partial charge >= 0.3 is 0 Å². The maximum Gasteiger partial charge on any atom is 0.220 e. The van der Waals surface area contributed by atoms with Gasteiger partial charge < -0.3 is 35.1 Å². The van der Waals surface area contributed by atoms with Crippen LogP contribution in [-0.4, -0.2) is 66.8 Å². The van der Waals surface area contributed by atoms with Gasteiger partial charge in [0.1, 0.15) is 17.6 Å². The lowest BCUT2D eigenvalue weighted by Crippen LogP contribution is -2.53. The van der Waals surface area contributed by atoms with Gasteiger partial charge in [0.15, 0.2) is 0 Å². The Balaban J connectivity index is 2.96. The average Bonchev–Trinajstić information content (AvgIpc) is 2.63. The van der Waals surface area contributed by atoms with Crippen molar-refractivity contribution in [3.63, 3.8) is 0 Å². The fourth-order valence-electron chi connectivity index (χ4n) is 2.38. The third-order valence-corrected chi connectivity index (χ3v) is 3.67. The summed E-state index contributed by atoms with van der Waals surface area (Å²) in [5.74, 6) is 0.443. The summed E-state index contributed by atoms with van der Waals surface area (Å²) in [6, 6.07) is 5.33. The Morgan fingerprint density at radius 2 is 1.56 bits per heavy atom. The number of hydrogen-bond acceptors (Lipinski definition) is 7. The van der Waals surface area contributed by atoms with Gasteiger partial charge in [0.05, 0.1) is 32.4 Å². The number of nitrogens with one attached hydrogen (secondary N) is 2. The van der Waals surface area contributed by atoms with E-state index in [0.29, 0.717) is 11.5 Å². The number of amides is 2. The summed E-state index contributed by atoms with van der Waals surface area (Å²) in [4.78, 5) is 22.7. The molecule has 9 heteroatoms. The van der Waals surface area contributed by atoms with Gasteiger partial charge in [-0.3, -0.25) is 9.59 Å². The third kappa shape index (κ3) is 7.81. The first-order chi connectivity index (χ1) is 12.8. The number of hydrogen-bond donors (Lipinski definition) is 4. The molecule has 0 aliphatic rings. The molecule has 1 aromatic carbocycles. The molecule has 0 spiro atoms. The van der Waals surface area contributed by atoms with Crippen molar-refractivity contribution < 1.29 is 34.0 Å². The summed E-state index contributed by atoms with van der Waals surface area (Å²) < 4.78 is 16.7. The molecule has 4 N–H and O–H groups in total. The maximum atomic E-state index is 11.4. The van der Waals surface area contributed by atoms with Crippen molar-refractivity contribution in [2.24, 2.45) is 0 Å². The normalized spacial score (nSPS) is 15.2. The third-order valence-electron chi connectivity index (χ3n) is 3.67. The minimum Gasteiger partial charge on any atom is -0.497 e. The van der Waals surface area contributed by atoms with E-state index in [1.807, 2.05) is 0 Å². The number of carbonyl (C=O) groups is 2. The molecule has 0 fully saturated rings. The van der Waals surface area contributed by atoms with Crippen LogP contribution in [0.4, 0.5) is 0 Å². The number of ether oxygens (including phenoxy) is 3. The van der Waals surface area contributed by atoms with E-state index in [4.69, 9.17) is 14.2 Å². The van der Waals surface area contributed by atoms with Crippen LogP contribution in [0.1, 0.15) is 20.8 Å². The van der Waals surface area contributed by atoms with E-state index in [2.05, 4.69) is 10.6 Å². The summed E-state index contributed by atoms with van der Waals surface area (Å²) in [7, 11) is 1.55. The molecule has 4 atom stereocenters. The van der Waals surface area contributed by atoms with Crippen LogP contribution in [0.25, 0.3) is 0 Å². The van der Waals surface area contributed by atoms with Crippen molar-refractivity contribution in [1.29, 1.82) is 0 Å². The molecule has 1 aromatic rings. The lowest BCUT2D eigenvalue weighted by molar-refractivity contribution is -0.161. The van der Waals surface area contributed by atoms with Crippen molar-refractivity contribution in [3.8, 4) is 11.5 Å². The Kier molecular flexibility index (Phi) is 9.55. The number of rotatable bonds is 11. The second-order valence-electron chi connectivity index (χ2n) is 6.00. The molecule has 0 bridgehead atoms. The highest BCUT2D eigenvalue weighted by atomic mass is 16.7. The average molecular weight is 384 g/mol. The van der Waals surface area contributed by atoms with Crippen LogP contribution in [0.3, 0.4) is 0 Å². The Bertz CT molecular complexity index is 594. The Morgan fingerprint density at radius 1 is 1.00 bits per heavy atom. The van der Waals surface area contributed by atoms with Gasteiger partial charge in [0, 0.05) is 13.8 Å². The highest BCUT2D eigenvalue weighted by Gasteiger charge is 2.30. The predicted octanol–water partition coefficient (Wildman–Crippen LogP) is -0.201. The van der Waals surface area contributed by atoms with Gasteiger partial charge in [-0.05, 0) is 31.2 Å². The van der Waals surface area contributed by atoms with Gasteiger partial charge in [0.2, 0.25) is 18.1 Å². The van der Waals surface area contributed by atoms with Gasteiger partial charge in [0.25, 0.3) is 0 Å². The van der Waals surface area contributed by atoms with E-state index in [-0.39, 0.29) is 11.8 Å². The van der Waals surface area contributed by atoms with Crippen molar-refractivity contribution in [2.75, 3.05) is 20.3 Å². The molecule has 0 aromatic heterocycles. The van der Waals surface area contributed by atoms with Crippen LogP contribution < -0.4 is 20.1 Å². The second-order valence-corrected chi connectivity index (χ2v) is 6.00. The highest BCUT2D eigenvalue weighted by molar-refractivity contribution is 5.73. The lowest BCUT2D eigenvalue weighted by atomic mass is 10.1. The van der Waals surface area contributed by atoms with Gasteiger partial charge in [-0.25, -0.2) is 0 Å². The Hall–Kier alpha value is -2.36. The van der Waals surface area contributed by atoms with Crippen LogP contribution in [0, 0.1) is 0 Å². The fraction of sp³-hybridized carbons (Fsp3) is 0.556. The maximum absolute atomic E-state index is 11.4. The molecule has 0 aliphatic carbocycles. The van der Waals surface area contributed by atoms with Crippen LogP contribution in [0.2, 0.25) is 0 Å². The lowest BCUT2D eigenvalue weighted by Gasteiger charge is -2.32. The Labute approximate surface area is 158 Å². The van der Waals surface area contributed by atoms with Crippen LogP contribution in [0.15, 0.2) is 24.3 Å². The van der Waals surface area contributed by atoms with E-state index in [9.17, 15) is 19.8 Å². The molecule has 27 heavy (non-hydrogen) atoms. The number of aliphatic hydroxyl groups excluding tert-OH is 2. The summed E-state index contributed by atoms with van der Waals surface area (Å²) in [5.41, 5.74) is 0.